The summed E-state index contributed by atoms with van der Waals surface area (Å²) in [5.74, 6) is 0. The van der Waals surface area contributed by atoms with Gasteiger partial charge < -0.3 is 15.0 Å². The van der Waals surface area contributed by atoms with Crippen molar-refractivity contribution in [2.45, 2.75) is 70.2 Å². The second-order valence-electron chi connectivity index (χ2n) is 8.29. The van der Waals surface area contributed by atoms with Crippen LogP contribution in [0, 0.1) is 5.41 Å². The van der Waals surface area contributed by atoms with E-state index in [2.05, 4.69) is 5.32 Å². The van der Waals surface area contributed by atoms with Gasteiger partial charge in [0.1, 0.15) is 11.3 Å². The standard InChI is InChI=1S/C16H27FN2O2/c1-14(2,3)21-13(20)19(12-5-4-6-18-7-12)11-15-8-16(17,9-15)10-15/h12,18H,4-11H2,1-3H3/t12-,15?,16?/m1/s1. The van der Waals surface area contributed by atoms with Crippen LogP contribution < -0.4 is 5.32 Å². The first-order valence-electron chi connectivity index (χ1n) is 8.10. The lowest BCUT2D eigenvalue weighted by molar-refractivity contribution is -0.222. The van der Waals surface area contributed by atoms with Gasteiger partial charge in [-0.05, 0) is 64.8 Å². The summed E-state index contributed by atoms with van der Waals surface area (Å²) in [6, 6.07) is 0.179. The van der Waals surface area contributed by atoms with Gasteiger partial charge in [0.25, 0.3) is 0 Å². The molecular weight excluding hydrogens is 271 g/mol. The number of hydrogen-bond donors (Lipinski definition) is 1. The van der Waals surface area contributed by atoms with Gasteiger partial charge in [-0.2, -0.15) is 0 Å². The number of amides is 1. The summed E-state index contributed by atoms with van der Waals surface area (Å²) >= 11 is 0. The molecule has 3 saturated carbocycles. The number of carbonyl (C=O) groups is 1. The zero-order chi connectivity index (χ0) is 15.3. The van der Waals surface area contributed by atoms with Crippen molar-refractivity contribution in [2.75, 3.05) is 19.6 Å². The van der Waals surface area contributed by atoms with Crippen molar-refractivity contribution < 1.29 is 13.9 Å². The van der Waals surface area contributed by atoms with Crippen molar-refractivity contribution in [1.29, 1.82) is 0 Å². The van der Waals surface area contributed by atoms with Crippen molar-refractivity contribution in [2.24, 2.45) is 5.41 Å². The van der Waals surface area contributed by atoms with Crippen molar-refractivity contribution >= 4 is 6.09 Å². The van der Waals surface area contributed by atoms with Crippen LogP contribution in [-0.2, 0) is 4.74 Å². The average molecular weight is 298 g/mol. The van der Waals surface area contributed by atoms with E-state index in [1.54, 1.807) is 0 Å². The SMILES string of the molecule is CC(C)(C)OC(=O)N(CC12CC(F)(C1)C2)[C@@H]1CCCNC1. The minimum Gasteiger partial charge on any atom is -0.444 e. The predicted octanol–water partition coefficient (Wildman–Crippen LogP) is 2.87. The molecule has 4 rings (SSSR count). The number of nitrogens with one attached hydrogen (secondary N) is 1. The zero-order valence-electron chi connectivity index (χ0n) is 13.4. The molecule has 3 aliphatic carbocycles. The van der Waals surface area contributed by atoms with Gasteiger partial charge in [0, 0.05) is 19.1 Å². The van der Waals surface area contributed by atoms with Gasteiger partial charge in [-0.15, -0.1) is 0 Å². The molecule has 0 aromatic rings. The van der Waals surface area contributed by atoms with Crippen molar-refractivity contribution in [3.05, 3.63) is 0 Å². The van der Waals surface area contributed by atoms with Crippen LogP contribution in [0.4, 0.5) is 9.18 Å². The first-order chi connectivity index (χ1) is 9.71. The Balaban J connectivity index is 1.67. The second-order valence-corrected chi connectivity index (χ2v) is 8.29. The third-order valence-corrected chi connectivity index (χ3v) is 4.92. The lowest BCUT2D eigenvalue weighted by atomic mass is 9.42. The minimum atomic E-state index is -0.912. The van der Waals surface area contributed by atoms with Crippen LogP contribution >= 0.6 is 0 Å². The average Bonchev–Trinajstić information content (AvgIpc) is 2.30. The Morgan fingerprint density at radius 1 is 1.38 bits per heavy atom. The van der Waals surface area contributed by atoms with Crippen LogP contribution in [0.2, 0.25) is 0 Å². The Morgan fingerprint density at radius 3 is 2.52 bits per heavy atom. The molecule has 1 atom stereocenters. The molecule has 2 bridgehead atoms. The Bertz CT molecular complexity index is 407. The van der Waals surface area contributed by atoms with E-state index in [1.165, 1.54) is 0 Å². The third kappa shape index (κ3) is 3.03. The zero-order valence-corrected chi connectivity index (χ0v) is 13.4. The monoisotopic (exact) mass is 298 g/mol. The molecule has 4 aliphatic rings. The van der Waals surface area contributed by atoms with Gasteiger partial charge in [0.2, 0.25) is 0 Å². The highest BCUT2D eigenvalue weighted by Gasteiger charge is 2.69. The van der Waals surface area contributed by atoms with E-state index in [0.717, 1.165) is 25.9 Å². The summed E-state index contributed by atoms with van der Waals surface area (Å²) in [4.78, 5) is 14.4. The fraction of sp³-hybridized carbons (Fsp3) is 0.938. The molecule has 1 N–H and O–H groups in total. The Morgan fingerprint density at radius 2 is 2.05 bits per heavy atom. The molecule has 0 aromatic heterocycles. The van der Waals surface area contributed by atoms with E-state index in [0.29, 0.717) is 25.8 Å². The van der Waals surface area contributed by atoms with Crippen molar-refractivity contribution in [1.82, 2.24) is 10.2 Å². The van der Waals surface area contributed by atoms with Crippen molar-refractivity contribution in [3.63, 3.8) is 0 Å². The van der Waals surface area contributed by atoms with Crippen LogP contribution in [0.3, 0.4) is 0 Å². The molecule has 1 amide bonds. The Hall–Kier alpha value is -0.840. The summed E-state index contributed by atoms with van der Waals surface area (Å²) in [6.07, 6.45) is 3.71. The molecule has 1 heterocycles. The smallest absolute Gasteiger partial charge is 0.410 e. The summed E-state index contributed by atoms with van der Waals surface area (Å²) < 4.78 is 19.3. The molecule has 1 saturated heterocycles. The van der Waals surface area contributed by atoms with Crippen LogP contribution in [0.25, 0.3) is 0 Å². The van der Waals surface area contributed by atoms with E-state index in [-0.39, 0.29) is 17.6 Å². The number of rotatable bonds is 3. The lowest BCUT2D eigenvalue weighted by Gasteiger charge is -2.67. The normalized spacial score (nSPS) is 38.2. The van der Waals surface area contributed by atoms with E-state index in [1.807, 2.05) is 25.7 Å². The highest BCUT2D eigenvalue weighted by atomic mass is 19.1. The van der Waals surface area contributed by atoms with Crippen LogP contribution in [0.15, 0.2) is 0 Å². The lowest BCUT2D eigenvalue weighted by Crippen LogP contribution is -2.69. The Kier molecular flexibility index (Phi) is 3.47. The van der Waals surface area contributed by atoms with Gasteiger partial charge in [0.15, 0.2) is 0 Å². The first-order valence-corrected chi connectivity index (χ1v) is 8.10. The van der Waals surface area contributed by atoms with E-state index in [9.17, 15) is 9.18 Å². The molecule has 4 fully saturated rings. The number of nitrogens with zero attached hydrogens (tertiary/aromatic N) is 1. The Labute approximate surface area is 126 Å². The largest absolute Gasteiger partial charge is 0.444 e. The number of piperidine rings is 1. The predicted molar refractivity (Wildman–Crippen MR) is 79.0 cm³/mol. The van der Waals surface area contributed by atoms with Gasteiger partial charge >= 0.3 is 6.09 Å². The summed E-state index contributed by atoms with van der Waals surface area (Å²) in [5, 5.41) is 3.35. The van der Waals surface area contributed by atoms with E-state index < -0.39 is 11.3 Å². The molecule has 4 nitrogen and oxygen atoms in total. The van der Waals surface area contributed by atoms with Crippen molar-refractivity contribution in [3.8, 4) is 0 Å². The van der Waals surface area contributed by atoms with Gasteiger partial charge in [0.05, 0.1) is 0 Å². The highest BCUT2D eigenvalue weighted by Crippen LogP contribution is 2.69. The fourth-order valence-corrected chi connectivity index (χ4v) is 4.15. The summed E-state index contributed by atoms with van der Waals surface area (Å²) in [6.45, 7) is 8.15. The maximum atomic E-state index is 13.7. The molecule has 0 spiro atoms. The molecule has 0 unspecified atom stereocenters. The summed E-state index contributed by atoms with van der Waals surface area (Å²) in [7, 11) is 0. The van der Waals surface area contributed by atoms with Crippen LogP contribution in [0.1, 0.15) is 52.9 Å². The maximum Gasteiger partial charge on any atom is 0.410 e. The van der Waals surface area contributed by atoms with Crippen LogP contribution in [0.5, 0.6) is 0 Å². The number of halogens is 1. The number of ether oxygens (including phenoxy) is 1. The molecular formula is C16H27FN2O2. The highest BCUT2D eigenvalue weighted by molar-refractivity contribution is 5.69. The second kappa shape index (κ2) is 4.83. The molecule has 120 valence electrons. The van der Waals surface area contributed by atoms with Gasteiger partial charge in [-0.25, -0.2) is 9.18 Å². The molecule has 5 heteroatoms. The topological polar surface area (TPSA) is 41.6 Å². The maximum absolute atomic E-state index is 13.7. The quantitative estimate of drug-likeness (QED) is 0.871. The number of carbonyl (C=O) groups excluding carboxylic acids is 1. The van der Waals surface area contributed by atoms with Crippen LogP contribution in [-0.4, -0.2) is 47.9 Å². The van der Waals surface area contributed by atoms with Gasteiger partial charge in [-0.1, -0.05) is 0 Å². The number of hydrogen-bond acceptors (Lipinski definition) is 3. The van der Waals surface area contributed by atoms with E-state index >= 15 is 0 Å². The summed E-state index contributed by atoms with van der Waals surface area (Å²) in [5.41, 5.74) is -1.37. The molecule has 0 aromatic carbocycles. The molecule has 1 aliphatic heterocycles. The molecule has 0 radical (unpaired) electrons. The number of alkyl halides is 1. The molecule has 21 heavy (non-hydrogen) atoms. The van der Waals surface area contributed by atoms with Gasteiger partial charge in [-0.3, -0.25) is 0 Å². The minimum absolute atomic E-state index is 0.0309. The third-order valence-electron chi connectivity index (χ3n) is 4.92. The fourth-order valence-electron chi connectivity index (χ4n) is 4.15. The van der Waals surface area contributed by atoms with E-state index in [4.69, 9.17) is 4.74 Å². The first kappa shape index (κ1) is 15.1.